The second-order valence-corrected chi connectivity index (χ2v) is 3.88. The van der Waals surface area contributed by atoms with Crippen molar-refractivity contribution in [1.82, 2.24) is 14.3 Å². The van der Waals surface area contributed by atoms with Crippen molar-refractivity contribution >= 4 is 28.3 Å². The summed E-state index contributed by atoms with van der Waals surface area (Å²) in [6.45, 7) is 1.88. The molecule has 3 N–H and O–H groups in total. The highest BCUT2D eigenvalue weighted by Crippen LogP contribution is 2.21. The topological polar surface area (TPSA) is 93.8 Å². The number of anilines is 2. The zero-order valence-corrected chi connectivity index (χ0v) is 9.28. The van der Waals surface area contributed by atoms with E-state index in [2.05, 4.69) is 19.7 Å². The van der Waals surface area contributed by atoms with E-state index < -0.39 is 5.91 Å². The minimum absolute atomic E-state index is 0.119. The first kappa shape index (κ1) is 10.5. The molecule has 0 fully saturated rings. The zero-order chi connectivity index (χ0) is 11.5. The molecule has 16 heavy (non-hydrogen) atoms. The average molecular weight is 235 g/mol. The zero-order valence-electron chi connectivity index (χ0n) is 8.47. The number of nitrogens with one attached hydrogen (secondary N) is 1. The van der Waals surface area contributed by atoms with Crippen LogP contribution in [0.5, 0.6) is 0 Å². The van der Waals surface area contributed by atoms with Crippen LogP contribution in [0.15, 0.2) is 18.5 Å². The lowest BCUT2D eigenvalue weighted by Crippen LogP contribution is -2.15. The molecule has 1 amide bonds. The van der Waals surface area contributed by atoms with Gasteiger partial charge in [-0.3, -0.25) is 4.79 Å². The van der Waals surface area contributed by atoms with Crippen molar-refractivity contribution in [3.8, 4) is 0 Å². The smallest absolute Gasteiger partial charge is 0.271 e. The lowest BCUT2D eigenvalue weighted by molar-refractivity contribution is 0.0996. The van der Waals surface area contributed by atoms with Gasteiger partial charge in [0.05, 0.1) is 5.69 Å². The average Bonchev–Trinajstić information content (AvgIpc) is 2.64. The largest absolute Gasteiger partial charge is 0.364 e. The summed E-state index contributed by atoms with van der Waals surface area (Å²) in [5, 5.41) is 3.75. The monoisotopic (exact) mass is 235 g/mol. The molecule has 0 aliphatic carbocycles. The highest BCUT2D eigenvalue weighted by molar-refractivity contribution is 7.10. The van der Waals surface area contributed by atoms with Gasteiger partial charge in [0.2, 0.25) is 0 Å². The summed E-state index contributed by atoms with van der Waals surface area (Å²) in [4.78, 5) is 19.0. The number of nitrogens with zero attached hydrogens (tertiary/aromatic N) is 3. The second kappa shape index (κ2) is 4.23. The molecule has 0 saturated heterocycles. The van der Waals surface area contributed by atoms with E-state index in [1.54, 1.807) is 0 Å². The first-order valence-electron chi connectivity index (χ1n) is 4.48. The minimum atomic E-state index is -0.614. The molecule has 0 bridgehead atoms. The maximum atomic E-state index is 11.1. The van der Waals surface area contributed by atoms with Gasteiger partial charge < -0.3 is 11.1 Å². The van der Waals surface area contributed by atoms with Crippen molar-refractivity contribution < 1.29 is 4.79 Å². The Kier molecular flexibility index (Phi) is 2.78. The van der Waals surface area contributed by atoms with Gasteiger partial charge in [0.15, 0.2) is 11.5 Å². The number of primary amides is 1. The van der Waals surface area contributed by atoms with Crippen molar-refractivity contribution in [3.05, 3.63) is 29.8 Å². The normalized spacial score (nSPS) is 10.1. The van der Waals surface area contributed by atoms with Crippen molar-refractivity contribution in [2.24, 2.45) is 5.73 Å². The first-order chi connectivity index (χ1) is 7.66. The Labute approximate surface area is 95.7 Å². The molecule has 0 saturated carbocycles. The highest BCUT2D eigenvalue weighted by atomic mass is 32.1. The Morgan fingerprint density at radius 2 is 2.19 bits per heavy atom. The van der Waals surface area contributed by atoms with Crippen molar-refractivity contribution in [1.29, 1.82) is 0 Å². The van der Waals surface area contributed by atoms with E-state index in [-0.39, 0.29) is 5.69 Å². The Bertz CT molecular complexity index is 524. The minimum Gasteiger partial charge on any atom is -0.364 e. The Balaban J connectivity index is 2.31. The molecule has 2 rings (SSSR count). The highest BCUT2D eigenvalue weighted by Gasteiger charge is 2.11. The summed E-state index contributed by atoms with van der Waals surface area (Å²) < 4.78 is 4.10. The standard InChI is InChI=1S/C9H9N5OS/c1-5-4-6(16-14-5)13-9-7(8(10)15)11-2-3-12-9/h2-4H,1H3,(H2,10,15)(H,12,13). The molecule has 7 heteroatoms. The summed E-state index contributed by atoms with van der Waals surface area (Å²) in [6.07, 6.45) is 2.91. The van der Waals surface area contributed by atoms with E-state index in [1.165, 1.54) is 23.9 Å². The Morgan fingerprint density at radius 3 is 2.81 bits per heavy atom. The Morgan fingerprint density at radius 1 is 1.44 bits per heavy atom. The van der Waals surface area contributed by atoms with Gasteiger partial charge in [-0.1, -0.05) is 0 Å². The van der Waals surface area contributed by atoms with E-state index in [4.69, 9.17) is 5.73 Å². The molecule has 2 aromatic heterocycles. The summed E-state index contributed by atoms with van der Waals surface area (Å²) in [5.41, 5.74) is 6.20. The molecule has 82 valence electrons. The van der Waals surface area contributed by atoms with Gasteiger partial charge in [0.1, 0.15) is 5.00 Å². The quantitative estimate of drug-likeness (QED) is 0.830. The van der Waals surface area contributed by atoms with Crippen LogP contribution in [-0.4, -0.2) is 20.2 Å². The van der Waals surface area contributed by atoms with Crippen LogP contribution in [-0.2, 0) is 0 Å². The fourth-order valence-corrected chi connectivity index (χ4v) is 1.81. The number of nitrogens with two attached hydrogens (primary N) is 1. The third kappa shape index (κ3) is 2.14. The van der Waals surface area contributed by atoms with E-state index in [9.17, 15) is 4.79 Å². The number of aryl methyl sites for hydroxylation is 1. The van der Waals surface area contributed by atoms with Gasteiger partial charge in [-0.15, -0.1) is 0 Å². The molecule has 0 aromatic carbocycles. The lowest BCUT2D eigenvalue weighted by atomic mass is 10.4. The van der Waals surface area contributed by atoms with Crippen LogP contribution in [0.2, 0.25) is 0 Å². The number of carbonyl (C=O) groups is 1. The van der Waals surface area contributed by atoms with E-state index >= 15 is 0 Å². The van der Waals surface area contributed by atoms with E-state index in [0.717, 1.165) is 10.7 Å². The predicted octanol–water partition coefficient (Wildman–Crippen LogP) is 1.08. The first-order valence-corrected chi connectivity index (χ1v) is 5.25. The number of rotatable bonds is 3. The molecular formula is C9H9N5OS. The fourth-order valence-electron chi connectivity index (χ4n) is 1.15. The van der Waals surface area contributed by atoms with Gasteiger partial charge >= 0.3 is 0 Å². The van der Waals surface area contributed by atoms with Gasteiger partial charge in [-0.25, -0.2) is 9.97 Å². The molecule has 0 radical (unpaired) electrons. The number of hydrogen-bond donors (Lipinski definition) is 2. The summed E-state index contributed by atoms with van der Waals surface area (Å²) in [5.74, 6) is -0.268. The summed E-state index contributed by atoms with van der Waals surface area (Å²) >= 11 is 1.28. The summed E-state index contributed by atoms with van der Waals surface area (Å²) in [7, 11) is 0. The number of hydrogen-bond acceptors (Lipinski definition) is 6. The predicted molar refractivity (Wildman–Crippen MR) is 60.7 cm³/mol. The van der Waals surface area contributed by atoms with E-state index in [1.807, 2.05) is 13.0 Å². The van der Waals surface area contributed by atoms with Gasteiger partial charge in [-0.2, -0.15) is 4.37 Å². The van der Waals surface area contributed by atoms with Crippen molar-refractivity contribution in [2.75, 3.05) is 5.32 Å². The van der Waals surface area contributed by atoms with Crippen LogP contribution >= 0.6 is 11.5 Å². The lowest BCUT2D eigenvalue weighted by Gasteiger charge is -2.04. The fraction of sp³-hybridized carbons (Fsp3) is 0.111. The molecule has 0 aliphatic heterocycles. The molecule has 6 nitrogen and oxygen atoms in total. The molecule has 0 unspecified atom stereocenters. The van der Waals surface area contributed by atoms with Crippen LogP contribution < -0.4 is 11.1 Å². The SMILES string of the molecule is Cc1cc(Nc2nccnc2C(N)=O)sn1. The van der Waals surface area contributed by atoms with Crippen LogP contribution in [0.4, 0.5) is 10.8 Å². The van der Waals surface area contributed by atoms with E-state index in [0.29, 0.717) is 5.82 Å². The second-order valence-electron chi connectivity index (χ2n) is 3.08. The molecule has 2 aromatic rings. The maximum absolute atomic E-state index is 11.1. The molecule has 0 spiro atoms. The molecule has 0 atom stereocenters. The van der Waals surface area contributed by atoms with Crippen molar-refractivity contribution in [3.63, 3.8) is 0 Å². The molecule has 2 heterocycles. The molecular weight excluding hydrogens is 226 g/mol. The van der Waals surface area contributed by atoms with Crippen molar-refractivity contribution in [2.45, 2.75) is 6.92 Å². The third-order valence-electron chi connectivity index (χ3n) is 1.80. The number of amides is 1. The number of carbonyl (C=O) groups excluding carboxylic acids is 1. The Hall–Kier alpha value is -2.02. The van der Waals surface area contributed by atoms with Gasteiger partial charge in [-0.05, 0) is 24.5 Å². The number of aromatic nitrogens is 3. The van der Waals surface area contributed by atoms with Gasteiger partial charge in [0, 0.05) is 12.4 Å². The third-order valence-corrected chi connectivity index (χ3v) is 2.60. The molecule has 0 aliphatic rings. The van der Waals surface area contributed by atoms with Gasteiger partial charge in [0.25, 0.3) is 5.91 Å². The van der Waals surface area contributed by atoms with Crippen LogP contribution in [0.1, 0.15) is 16.2 Å². The maximum Gasteiger partial charge on any atom is 0.271 e. The van der Waals surface area contributed by atoms with Crippen LogP contribution in [0.25, 0.3) is 0 Å². The van der Waals surface area contributed by atoms with Crippen LogP contribution in [0.3, 0.4) is 0 Å². The van der Waals surface area contributed by atoms with Crippen LogP contribution in [0, 0.1) is 6.92 Å². The summed E-state index contributed by atoms with van der Waals surface area (Å²) in [6, 6.07) is 1.85.